The van der Waals surface area contributed by atoms with Crippen molar-refractivity contribution in [3.63, 3.8) is 0 Å². The Morgan fingerprint density at radius 2 is 1.90 bits per heavy atom. The van der Waals surface area contributed by atoms with Crippen LogP contribution in [0.5, 0.6) is 0 Å². The van der Waals surface area contributed by atoms with Crippen molar-refractivity contribution in [2.75, 3.05) is 6.54 Å². The maximum absolute atomic E-state index is 13.2. The van der Waals surface area contributed by atoms with Crippen LogP contribution in [0.4, 0.5) is 18.0 Å². The fourth-order valence-corrected chi connectivity index (χ4v) is 1.19. The van der Waals surface area contributed by atoms with E-state index in [1.165, 1.54) is 0 Å². The molecule has 3 nitrogen and oxygen atoms in total. The number of hydrogen-bond donors (Lipinski definition) is 1. The summed E-state index contributed by atoms with van der Waals surface area (Å²) in [4.78, 5) is 11.3. The average Bonchev–Trinajstić information content (AvgIpc) is 2.32. The van der Waals surface area contributed by atoms with Gasteiger partial charge in [-0.25, -0.2) is 18.0 Å². The van der Waals surface area contributed by atoms with Gasteiger partial charge in [0.2, 0.25) is 0 Å². The Bertz CT molecular complexity index is 568. The van der Waals surface area contributed by atoms with E-state index in [4.69, 9.17) is 4.74 Å². The summed E-state index contributed by atoms with van der Waals surface area (Å²) in [6.07, 6.45) is -0.669. The molecule has 0 fully saturated rings. The Morgan fingerprint density at radius 3 is 2.50 bits per heavy atom. The zero-order valence-electron chi connectivity index (χ0n) is 11.3. The lowest BCUT2D eigenvalue weighted by Gasteiger charge is -2.18. The van der Waals surface area contributed by atoms with E-state index in [9.17, 15) is 18.0 Å². The van der Waals surface area contributed by atoms with Crippen molar-refractivity contribution < 1.29 is 22.7 Å². The van der Waals surface area contributed by atoms with E-state index in [0.717, 1.165) is 12.1 Å². The summed E-state index contributed by atoms with van der Waals surface area (Å²) < 4.78 is 43.8. The molecule has 1 aromatic carbocycles. The zero-order valence-corrected chi connectivity index (χ0v) is 11.3. The number of alkyl carbamates (subject to hydrolysis) is 1. The van der Waals surface area contributed by atoms with E-state index < -0.39 is 29.1 Å². The Labute approximate surface area is 115 Å². The van der Waals surface area contributed by atoms with Crippen molar-refractivity contribution in [1.29, 1.82) is 0 Å². The van der Waals surface area contributed by atoms with Crippen LogP contribution in [0.2, 0.25) is 0 Å². The molecule has 0 aliphatic heterocycles. The first-order valence-electron chi connectivity index (χ1n) is 5.80. The Balaban J connectivity index is 2.60. The lowest BCUT2D eigenvalue weighted by atomic mass is 10.2. The normalized spacial score (nSPS) is 10.5. The quantitative estimate of drug-likeness (QED) is 0.636. The SMILES string of the molecule is CC(C)(C)OC(=O)NCC#Cc1ccc(F)c(F)c1F. The molecule has 0 saturated carbocycles. The Morgan fingerprint density at radius 1 is 1.25 bits per heavy atom. The van der Waals surface area contributed by atoms with E-state index in [0.29, 0.717) is 0 Å². The number of amides is 1. The Hall–Kier alpha value is -2.16. The topological polar surface area (TPSA) is 38.3 Å². The Kier molecular flexibility index (Phi) is 5.03. The number of nitrogens with one attached hydrogen (secondary N) is 1. The molecule has 0 atom stereocenters. The van der Waals surface area contributed by atoms with Gasteiger partial charge in [-0.2, -0.15) is 0 Å². The first-order valence-corrected chi connectivity index (χ1v) is 5.80. The van der Waals surface area contributed by atoms with E-state index in [1.54, 1.807) is 20.8 Å². The van der Waals surface area contributed by atoms with Crippen molar-refractivity contribution in [1.82, 2.24) is 5.32 Å². The van der Waals surface area contributed by atoms with Crippen LogP contribution in [0.25, 0.3) is 0 Å². The summed E-state index contributed by atoms with van der Waals surface area (Å²) >= 11 is 0. The third kappa shape index (κ3) is 4.84. The number of hydrogen-bond acceptors (Lipinski definition) is 2. The maximum Gasteiger partial charge on any atom is 0.408 e. The number of rotatable bonds is 1. The molecule has 20 heavy (non-hydrogen) atoms. The number of carbonyl (C=O) groups is 1. The van der Waals surface area contributed by atoms with Crippen molar-refractivity contribution in [2.45, 2.75) is 26.4 Å². The van der Waals surface area contributed by atoms with E-state index >= 15 is 0 Å². The first kappa shape index (κ1) is 15.9. The molecule has 0 saturated heterocycles. The molecule has 0 aliphatic rings. The van der Waals surface area contributed by atoms with Crippen LogP contribution in [0.3, 0.4) is 0 Å². The average molecular weight is 285 g/mol. The summed E-state index contributed by atoms with van der Waals surface area (Å²) in [6.45, 7) is 5.01. The van der Waals surface area contributed by atoms with Crippen LogP contribution in [0.15, 0.2) is 12.1 Å². The standard InChI is InChI=1S/C14H14F3NO2/c1-14(2,3)20-13(19)18-8-4-5-9-6-7-10(15)12(17)11(9)16/h6-7H,8H2,1-3H3,(H,18,19). The summed E-state index contributed by atoms with van der Waals surface area (Å²) in [5.74, 6) is 0.510. The van der Waals surface area contributed by atoms with Crippen LogP contribution in [0, 0.1) is 29.3 Å². The predicted octanol–water partition coefficient (Wildman–Crippen LogP) is 2.98. The summed E-state index contributed by atoms with van der Waals surface area (Å²) in [5.41, 5.74) is -0.918. The fourth-order valence-electron chi connectivity index (χ4n) is 1.19. The molecule has 1 amide bonds. The van der Waals surface area contributed by atoms with Gasteiger partial charge in [0.1, 0.15) is 5.60 Å². The molecule has 1 rings (SSSR count). The van der Waals surface area contributed by atoms with Gasteiger partial charge in [-0.3, -0.25) is 0 Å². The molecule has 0 unspecified atom stereocenters. The fraction of sp³-hybridized carbons (Fsp3) is 0.357. The second-order valence-electron chi connectivity index (χ2n) is 4.88. The minimum atomic E-state index is -1.57. The van der Waals surface area contributed by atoms with Gasteiger partial charge in [-0.1, -0.05) is 11.8 Å². The van der Waals surface area contributed by atoms with Crippen LogP contribution < -0.4 is 5.32 Å². The van der Waals surface area contributed by atoms with Gasteiger partial charge in [0.15, 0.2) is 17.5 Å². The molecule has 108 valence electrons. The molecule has 0 aliphatic carbocycles. The number of ether oxygens (including phenoxy) is 1. The maximum atomic E-state index is 13.2. The third-order valence-corrected chi connectivity index (χ3v) is 1.98. The molecular formula is C14H14F3NO2. The zero-order chi connectivity index (χ0) is 15.3. The third-order valence-electron chi connectivity index (χ3n) is 1.98. The molecule has 0 heterocycles. The van der Waals surface area contributed by atoms with Gasteiger partial charge in [-0.05, 0) is 32.9 Å². The van der Waals surface area contributed by atoms with Crippen molar-refractivity contribution in [3.05, 3.63) is 35.1 Å². The van der Waals surface area contributed by atoms with Crippen LogP contribution >= 0.6 is 0 Å². The molecule has 0 radical (unpaired) electrons. The van der Waals surface area contributed by atoms with E-state index in [2.05, 4.69) is 17.2 Å². The summed E-state index contributed by atoms with van der Waals surface area (Å²) in [5, 5.41) is 2.33. The largest absolute Gasteiger partial charge is 0.444 e. The highest BCUT2D eigenvalue weighted by Crippen LogP contribution is 2.13. The summed E-state index contributed by atoms with van der Waals surface area (Å²) in [7, 11) is 0. The number of benzene rings is 1. The minimum Gasteiger partial charge on any atom is -0.444 e. The smallest absolute Gasteiger partial charge is 0.408 e. The molecular weight excluding hydrogens is 271 g/mol. The molecule has 0 aromatic heterocycles. The van der Waals surface area contributed by atoms with E-state index in [-0.39, 0.29) is 12.1 Å². The lowest BCUT2D eigenvalue weighted by Crippen LogP contribution is -2.32. The van der Waals surface area contributed by atoms with Crippen LogP contribution in [0.1, 0.15) is 26.3 Å². The molecule has 0 bridgehead atoms. The number of carbonyl (C=O) groups excluding carboxylic acids is 1. The predicted molar refractivity (Wildman–Crippen MR) is 67.4 cm³/mol. The van der Waals surface area contributed by atoms with Crippen LogP contribution in [-0.4, -0.2) is 18.2 Å². The number of halogens is 3. The molecule has 0 spiro atoms. The van der Waals surface area contributed by atoms with Gasteiger partial charge >= 0.3 is 6.09 Å². The van der Waals surface area contributed by atoms with Crippen LogP contribution in [-0.2, 0) is 4.74 Å². The van der Waals surface area contributed by atoms with Gasteiger partial charge in [0, 0.05) is 0 Å². The van der Waals surface area contributed by atoms with Gasteiger partial charge in [-0.15, -0.1) is 0 Å². The highest BCUT2D eigenvalue weighted by Gasteiger charge is 2.15. The highest BCUT2D eigenvalue weighted by molar-refractivity contribution is 5.68. The minimum absolute atomic E-state index is 0.104. The second-order valence-corrected chi connectivity index (χ2v) is 4.88. The van der Waals surface area contributed by atoms with Gasteiger partial charge in [0.05, 0.1) is 12.1 Å². The molecule has 1 N–H and O–H groups in total. The van der Waals surface area contributed by atoms with Crippen molar-refractivity contribution in [3.8, 4) is 11.8 Å². The molecule has 1 aromatic rings. The van der Waals surface area contributed by atoms with Crippen molar-refractivity contribution >= 4 is 6.09 Å². The van der Waals surface area contributed by atoms with Crippen molar-refractivity contribution in [2.24, 2.45) is 0 Å². The van der Waals surface area contributed by atoms with Gasteiger partial charge < -0.3 is 10.1 Å². The first-order chi connectivity index (χ1) is 9.20. The highest BCUT2D eigenvalue weighted by atomic mass is 19.2. The lowest BCUT2D eigenvalue weighted by molar-refractivity contribution is 0.0535. The molecule has 6 heteroatoms. The van der Waals surface area contributed by atoms with Gasteiger partial charge in [0.25, 0.3) is 0 Å². The second kappa shape index (κ2) is 6.33. The monoisotopic (exact) mass is 285 g/mol. The summed E-state index contributed by atoms with van der Waals surface area (Å²) in [6, 6.07) is 1.80. The van der Waals surface area contributed by atoms with E-state index in [1.807, 2.05) is 0 Å².